The summed E-state index contributed by atoms with van der Waals surface area (Å²) in [5.41, 5.74) is 13.3. The summed E-state index contributed by atoms with van der Waals surface area (Å²) in [6.45, 7) is 40.1. The molecule has 0 atom stereocenters. The van der Waals surface area contributed by atoms with Gasteiger partial charge < -0.3 is 44.6 Å². The molecule has 15 nitrogen and oxygen atoms in total. The standard InChI is InChI=1S/2C33H35N7.C4H10O/c2*1-30(2)22-9-10-23(37-22)31(3,4)25-13-14-27(39-25)33(7,8)29-20(21(18-36)19(16-34)17-35)15-28(40-29)32(5,6)26-12-11-24(30)38-26;1-3-5-4-2/h2*9-15,37-40H,1-8H3;3-4H2,1-2H3. The molecule has 10 rings (SSSR count). The van der Waals surface area contributed by atoms with Gasteiger partial charge in [-0.25, -0.2) is 0 Å². The summed E-state index contributed by atoms with van der Waals surface area (Å²) >= 11 is 0. The summed E-state index contributed by atoms with van der Waals surface area (Å²) in [7, 11) is 0. The molecule has 16 bridgehead atoms. The van der Waals surface area contributed by atoms with Crippen molar-refractivity contribution < 1.29 is 4.74 Å². The highest BCUT2D eigenvalue weighted by Gasteiger charge is 2.41. The molecule has 2 aliphatic heterocycles. The van der Waals surface area contributed by atoms with Crippen LogP contribution in [-0.2, 0) is 48.1 Å². The van der Waals surface area contributed by atoms with Crippen LogP contribution < -0.4 is 0 Å². The molecule has 0 saturated carbocycles. The lowest BCUT2D eigenvalue weighted by Gasteiger charge is -2.28. The van der Waals surface area contributed by atoms with E-state index in [0.29, 0.717) is 11.1 Å². The van der Waals surface area contributed by atoms with E-state index in [1.165, 1.54) is 0 Å². The second-order valence-corrected chi connectivity index (χ2v) is 26.6. The van der Waals surface area contributed by atoms with E-state index in [1.807, 2.05) is 50.3 Å². The van der Waals surface area contributed by atoms with Crippen LogP contribution in [-0.4, -0.2) is 53.1 Å². The second-order valence-electron chi connectivity index (χ2n) is 26.6. The lowest BCUT2D eigenvalue weighted by atomic mass is 9.81. The molecule has 2 aliphatic rings. The quantitative estimate of drug-likeness (QED) is 0.0788. The van der Waals surface area contributed by atoms with Gasteiger partial charge in [0, 0.05) is 159 Å². The van der Waals surface area contributed by atoms with Gasteiger partial charge >= 0.3 is 0 Å². The van der Waals surface area contributed by atoms with Gasteiger partial charge in [-0.15, -0.1) is 0 Å². The van der Waals surface area contributed by atoms with Gasteiger partial charge in [-0.1, -0.05) is 0 Å². The van der Waals surface area contributed by atoms with Crippen molar-refractivity contribution in [3.05, 3.63) is 198 Å². The van der Waals surface area contributed by atoms with Gasteiger partial charge in [0.1, 0.15) is 47.6 Å². The Bertz CT molecular complexity index is 3870. The Morgan fingerprint density at radius 2 is 0.482 bits per heavy atom. The van der Waals surface area contributed by atoms with Crippen molar-refractivity contribution in [2.24, 2.45) is 0 Å². The molecule has 10 heterocycles. The number of nitriles is 6. The van der Waals surface area contributed by atoms with Crippen LogP contribution in [0, 0.1) is 68.0 Å². The van der Waals surface area contributed by atoms with E-state index in [0.717, 1.165) is 104 Å². The Kier molecular flexibility index (Phi) is 16.0. The molecule has 0 radical (unpaired) electrons. The van der Waals surface area contributed by atoms with Gasteiger partial charge in [-0.3, -0.25) is 0 Å². The van der Waals surface area contributed by atoms with Crippen molar-refractivity contribution in [2.45, 2.75) is 168 Å². The number of hydrogen-bond donors (Lipinski definition) is 8. The number of rotatable bonds is 4. The fraction of sp³-hybridized carbons (Fsp3) is 0.400. The number of ether oxygens (including phenoxy) is 1. The summed E-state index contributed by atoms with van der Waals surface area (Å²) in [5, 5.41) is 59.0. The first kappa shape index (κ1) is 61.7. The van der Waals surface area contributed by atoms with Crippen molar-refractivity contribution in [3.8, 4) is 36.4 Å². The normalized spacial score (nSPS) is 17.2. The molecule has 0 saturated heterocycles. The van der Waals surface area contributed by atoms with Crippen molar-refractivity contribution in [1.29, 1.82) is 31.6 Å². The van der Waals surface area contributed by atoms with Crippen LogP contribution in [0.4, 0.5) is 0 Å². The van der Waals surface area contributed by atoms with E-state index >= 15 is 0 Å². The van der Waals surface area contributed by atoms with E-state index in [9.17, 15) is 31.6 Å². The van der Waals surface area contributed by atoms with E-state index in [2.05, 4.69) is 236 Å². The average molecular weight is 1130 g/mol. The summed E-state index contributed by atoms with van der Waals surface area (Å²) < 4.78 is 4.83. The first-order valence-electron chi connectivity index (χ1n) is 29.0. The molecule has 0 unspecified atom stereocenters. The lowest BCUT2D eigenvalue weighted by molar-refractivity contribution is 0.162. The molecular formula is C70H80N14O. The highest BCUT2D eigenvalue weighted by Crippen LogP contribution is 2.46. The van der Waals surface area contributed by atoms with Crippen LogP contribution in [0.3, 0.4) is 0 Å². The van der Waals surface area contributed by atoms with E-state index < -0.39 is 21.7 Å². The number of hydrogen-bond acceptors (Lipinski definition) is 7. The van der Waals surface area contributed by atoms with Crippen LogP contribution in [0.25, 0.3) is 11.1 Å². The Morgan fingerprint density at radius 1 is 0.294 bits per heavy atom. The van der Waals surface area contributed by atoms with Crippen LogP contribution in [0.5, 0.6) is 0 Å². The van der Waals surface area contributed by atoms with Gasteiger partial charge in [0.15, 0.2) is 0 Å². The zero-order chi connectivity index (χ0) is 62.6. The number of fused-ring (bicyclic) bond motifs is 16. The monoisotopic (exact) mass is 1130 g/mol. The maximum absolute atomic E-state index is 10.1. The molecule has 8 N–H and O–H groups in total. The topological polar surface area (TPSA) is 278 Å². The van der Waals surface area contributed by atoms with E-state index in [1.54, 1.807) is 0 Å². The van der Waals surface area contributed by atoms with Crippen molar-refractivity contribution in [2.75, 3.05) is 13.2 Å². The summed E-state index contributed by atoms with van der Waals surface area (Å²) in [6.07, 6.45) is 0. The van der Waals surface area contributed by atoms with Crippen LogP contribution in [0.15, 0.2) is 96.1 Å². The summed E-state index contributed by atoms with van der Waals surface area (Å²) in [5.74, 6) is 0. The number of nitrogens with zero attached hydrogens (tertiary/aromatic N) is 6. The molecule has 0 amide bonds. The summed E-state index contributed by atoms with van der Waals surface area (Å²) in [6, 6.07) is 41.4. The van der Waals surface area contributed by atoms with Gasteiger partial charge in [0.2, 0.25) is 0 Å². The minimum Gasteiger partial charge on any atom is -0.382 e. The lowest BCUT2D eigenvalue weighted by Crippen LogP contribution is -2.26. The minimum atomic E-state index is -0.614. The second kappa shape index (κ2) is 22.0. The maximum atomic E-state index is 10.1. The number of aromatic amines is 8. The van der Waals surface area contributed by atoms with Crippen molar-refractivity contribution in [1.82, 2.24) is 39.9 Å². The molecule has 0 spiro atoms. The molecule has 0 fully saturated rings. The number of allylic oxidation sites excluding steroid dienone is 4. The average Bonchev–Trinajstić information content (AvgIpc) is 2.79. The molecule has 85 heavy (non-hydrogen) atoms. The first-order valence-corrected chi connectivity index (χ1v) is 29.0. The molecular weight excluding hydrogens is 1050 g/mol. The fourth-order valence-electron chi connectivity index (χ4n) is 11.8. The Balaban J connectivity index is 0.000000205. The maximum Gasteiger partial charge on any atom is 0.148 e. The Morgan fingerprint density at radius 3 is 0.647 bits per heavy atom. The van der Waals surface area contributed by atoms with Gasteiger partial charge in [-0.2, -0.15) is 31.6 Å². The van der Waals surface area contributed by atoms with Crippen molar-refractivity contribution >= 4 is 11.1 Å². The fourth-order valence-corrected chi connectivity index (χ4v) is 11.8. The Labute approximate surface area is 500 Å². The molecule has 8 aromatic rings. The third kappa shape index (κ3) is 10.4. The third-order valence-corrected chi connectivity index (χ3v) is 18.5. The first-order chi connectivity index (χ1) is 39.8. The molecule has 436 valence electrons. The van der Waals surface area contributed by atoms with Crippen LogP contribution in [0.1, 0.15) is 227 Å². The van der Waals surface area contributed by atoms with Crippen molar-refractivity contribution in [3.63, 3.8) is 0 Å². The smallest absolute Gasteiger partial charge is 0.148 e. The zero-order valence-corrected chi connectivity index (χ0v) is 52.6. The highest BCUT2D eigenvalue weighted by molar-refractivity contribution is 5.87. The molecule has 8 aromatic heterocycles. The number of aromatic nitrogens is 8. The summed E-state index contributed by atoms with van der Waals surface area (Å²) in [4.78, 5) is 29.5. The molecule has 0 aromatic carbocycles. The van der Waals surface area contributed by atoms with Crippen LogP contribution >= 0.6 is 0 Å². The highest BCUT2D eigenvalue weighted by atomic mass is 16.5. The number of nitrogens with one attached hydrogen (secondary N) is 8. The third-order valence-electron chi connectivity index (χ3n) is 18.5. The molecule has 15 heteroatoms. The SMILES string of the molecule is CC1(C)c2ccc([nH]2)C(C)(C)c2ccc([nH]2)C(C)(C)c2[nH]c(cc2C(C#N)=C(C#N)C#N)C(C)(C)c2ccc1[nH]2.CC1(C)c2ccc([nH]2)C(C)(C)c2ccc([nH]2)C(C)(C)c2[nH]c(cc2C(C#N)=C(C#N)C#N)C(C)(C)c2ccc1[nH]2.CCOCC. The van der Waals surface area contributed by atoms with E-state index in [4.69, 9.17) is 4.74 Å². The minimum absolute atomic E-state index is 0.0725. The molecule has 0 aliphatic carbocycles. The largest absolute Gasteiger partial charge is 0.382 e. The number of H-pyrrole nitrogens is 8. The van der Waals surface area contributed by atoms with Gasteiger partial charge in [0.05, 0.1) is 11.1 Å². The predicted molar refractivity (Wildman–Crippen MR) is 333 cm³/mol. The zero-order valence-electron chi connectivity index (χ0n) is 52.6. The predicted octanol–water partition coefficient (Wildman–Crippen LogP) is 14.9. The van der Waals surface area contributed by atoms with E-state index in [-0.39, 0.29) is 44.0 Å². The van der Waals surface area contributed by atoms with Gasteiger partial charge in [-0.05, 0) is 210 Å². The van der Waals surface area contributed by atoms with Crippen LogP contribution in [0.2, 0.25) is 0 Å². The Hall–Kier alpha value is -9.38. The van der Waals surface area contributed by atoms with Gasteiger partial charge in [0.25, 0.3) is 0 Å².